The van der Waals surface area contributed by atoms with Crippen molar-refractivity contribution in [3.05, 3.63) is 0 Å². The summed E-state index contributed by atoms with van der Waals surface area (Å²) in [6.07, 6.45) is 4.66. The maximum Gasteiger partial charge on any atom is 0.241 e. The lowest BCUT2D eigenvalue weighted by Gasteiger charge is -2.32. The Kier molecular flexibility index (Phi) is 6.31. The van der Waals surface area contributed by atoms with Gasteiger partial charge in [-0.2, -0.15) is 0 Å². The standard InChI is InChI=1S/C16H32N2O/c1-7-8-9-13(6)18-15(12(4)5)17-14(16(18)19)10-11(2)3/h11-15,17H,7-10H2,1-6H3. The van der Waals surface area contributed by atoms with Gasteiger partial charge in [0.05, 0.1) is 12.2 Å². The third-order valence-electron chi connectivity index (χ3n) is 4.01. The van der Waals surface area contributed by atoms with Gasteiger partial charge in [-0.1, -0.05) is 47.5 Å². The number of hydrogen-bond acceptors (Lipinski definition) is 2. The number of rotatable bonds is 7. The van der Waals surface area contributed by atoms with Crippen molar-refractivity contribution in [2.45, 2.75) is 85.5 Å². The van der Waals surface area contributed by atoms with Crippen LogP contribution in [0.15, 0.2) is 0 Å². The molecule has 0 aromatic heterocycles. The lowest BCUT2D eigenvalue weighted by atomic mass is 10.0. The first-order chi connectivity index (χ1) is 8.88. The van der Waals surface area contributed by atoms with Crippen LogP contribution in [0, 0.1) is 11.8 Å². The summed E-state index contributed by atoms with van der Waals surface area (Å²) in [5.41, 5.74) is 0. The highest BCUT2D eigenvalue weighted by Gasteiger charge is 2.42. The van der Waals surface area contributed by atoms with E-state index in [0.29, 0.717) is 23.8 Å². The van der Waals surface area contributed by atoms with Gasteiger partial charge in [-0.3, -0.25) is 10.1 Å². The SMILES string of the molecule is CCCCC(C)N1C(=O)C(CC(C)C)NC1C(C)C. The minimum absolute atomic E-state index is 0.0245. The van der Waals surface area contributed by atoms with Gasteiger partial charge < -0.3 is 4.90 Å². The third-order valence-corrected chi connectivity index (χ3v) is 4.01. The molecule has 0 saturated carbocycles. The van der Waals surface area contributed by atoms with Gasteiger partial charge in [0.15, 0.2) is 0 Å². The zero-order chi connectivity index (χ0) is 14.6. The molecule has 1 amide bonds. The number of amides is 1. The summed E-state index contributed by atoms with van der Waals surface area (Å²) in [4.78, 5) is 14.7. The van der Waals surface area contributed by atoms with E-state index in [0.717, 1.165) is 12.8 Å². The monoisotopic (exact) mass is 268 g/mol. The van der Waals surface area contributed by atoms with E-state index in [2.05, 4.69) is 51.8 Å². The molecule has 0 spiro atoms. The minimum atomic E-state index is 0.0245. The van der Waals surface area contributed by atoms with Crippen molar-refractivity contribution in [2.75, 3.05) is 0 Å². The molecule has 3 unspecified atom stereocenters. The molecule has 0 aromatic rings. The van der Waals surface area contributed by atoms with E-state index < -0.39 is 0 Å². The van der Waals surface area contributed by atoms with Gasteiger partial charge in [0, 0.05) is 6.04 Å². The van der Waals surface area contributed by atoms with E-state index in [9.17, 15) is 4.79 Å². The number of unbranched alkanes of at least 4 members (excludes halogenated alkanes) is 1. The normalized spacial score (nSPS) is 25.7. The fourth-order valence-electron chi connectivity index (χ4n) is 2.96. The predicted molar refractivity (Wildman–Crippen MR) is 80.8 cm³/mol. The second-order valence-electron chi connectivity index (χ2n) is 6.77. The highest BCUT2D eigenvalue weighted by atomic mass is 16.2. The van der Waals surface area contributed by atoms with Crippen LogP contribution in [0.1, 0.15) is 67.2 Å². The average molecular weight is 268 g/mol. The van der Waals surface area contributed by atoms with Crippen LogP contribution in [0.25, 0.3) is 0 Å². The Morgan fingerprint density at radius 2 is 1.84 bits per heavy atom. The van der Waals surface area contributed by atoms with Crippen LogP contribution < -0.4 is 5.32 Å². The number of carbonyl (C=O) groups is 1. The predicted octanol–water partition coefficient (Wildman–Crippen LogP) is 3.39. The van der Waals surface area contributed by atoms with E-state index in [1.54, 1.807) is 0 Å². The van der Waals surface area contributed by atoms with Crippen LogP contribution in [0.2, 0.25) is 0 Å². The molecular weight excluding hydrogens is 236 g/mol. The molecule has 3 heteroatoms. The Morgan fingerprint density at radius 1 is 1.21 bits per heavy atom. The molecule has 1 aliphatic rings. The summed E-state index contributed by atoms with van der Waals surface area (Å²) in [6, 6.07) is 0.376. The fraction of sp³-hybridized carbons (Fsp3) is 0.938. The molecule has 1 heterocycles. The molecule has 3 atom stereocenters. The van der Waals surface area contributed by atoms with Crippen molar-refractivity contribution in [3.63, 3.8) is 0 Å². The summed E-state index contributed by atoms with van der Waals surface area (Å²) < 4.78 is 0. The third kappa shape index (κ3) is 4.20. The van der Waals surface area contributed by atoms with Crippen molar-refractivity contribution in [1.29, 1.82) is 0 Å². The van der Waals surface area contributed by atoms with Crippen LogP contribution in [0.3, 0.4) is 0 Å². The largest absolute Gasteiger partial charge is 0.323 e. The van der Waals surface area contributed by atoms with E-state index in [-0.39, 0.29) is 12.2 Å². The van der Waals surface area contributed by atoms with E-state index in [1.807, 2.05) is 0 Å². The maximum absolute atomic E-state index is 12.6. The van der Waals surface area contributed by atoms with Crippen molar-refractivity contribution < 1.29 is 4.79 Å². The molecule has 1 N–H and O–H groups in total. The summed E-state index contributed by atoms with van der Waals surface area (Å²) in [6.45, 7) is 13.2. The molecule has 19 heavy (non-hydrogen) atoms. The summed E-state index contributed by atoms with van der Waals surface area (Å²) in [5.74, 6) is 1.33. The molecular formula is C16H32N2O. The Bertz CT molecular complexity index is 288. The first-order valence-corrected chi connectivity index (χ1v) is 7.96. The second kappa shape index (κ2) is 7.28. The van der Waals surface area contributed by atoms with Gasteiger partial charge in [-0.15, -0.1) is 0 Å². The summed E-state index contributed by atoms with van der Waals surface area (Å²) >= 11 is 0. The number of carbonyl (C=O) groups excluding carboxylic acids is 1. The van der Waals surface area contributed by atoms with Crippen LogP contribution in [-0.4, -0.2) is 29.1 Å². The van der Waals surface area contributed by atoms with E-state index in [1.165, 1.54) is 12.8 Å². The number of nitrogens with one attached hydrogen (secondary N) is 1. The fourth-order valence-corrected chi connectivity index (χ4v) is 2.96. The van der Waals surface area contributed by atoms with Gasteiger partial charge in [0.2, 0.25) is 5.91 Å². The van der Waals surface area contributed by atoms with Gasteiger partial charge in [0.25, 0.3) is 0 Å². The molecule has 1 fully saturated rings. The molecule has 112 valence electrons. The molecule has 0 radical (unpaired) electrons. The van der Waals surface area contributed by atoms with Crippen LogP contribution in [0.4, 0.5) is 0 Å². The molecule has 0 bridgehead atoms. The Labute approximate surface area is 119 Å². The highest BCUT2D eigenvalue weighted by Crippen LogP contribution is 2.25. The zero-order valence-corrected chi connectivity index (χ0v) is 13.6. The summed E-state index contributed by atoms with van der Waals surface area (Å²) in [7, 11) is 0. The lowest BCUT2D eigenvalue weighted by molar-refractivity contribution is -0.133. The first kappa shape index (κ1) is 16.5. The Balaban J connectivity index is 2.76. The maximum atomic E-state index is 12.6. The number of nitrogens with zero attached hydrogens (tertiary/aromatic N) is 1. The van der Waals surface area contributed by atoms with Gasteiger partial charge in [-0.05, 0) is 31.6 Å². The van der Waals surface area contributed by atoms with Crippen molar-refractivity contribution >= 4 is 5.91 Å². The second-order valence-corrected chi connectivity index (χ2v) is 6.77. The van der Waals surface area contributed by atoms with Crippen molar-refractivity contribution in [1.82, 2.24) is 10.2 Å². The highest BCUT2D eigenvalue weighted by molar-refractivity contribution is 5.84. The molecule has 1 aliphatic heterocycles. The van der Waals surface area contributed by atoms with Crippen molar-refractivity contribution in [3.8, 4) is 0 Å². The summed E-state index contributed by atoms with van der Waals surface area (Å²) in [5, 5.41) is 3.56. The van der Waals surface area contributed by atoms with Gasteiger partial charge >= 0.3 is 0 Å². The van der Waals surface area contributed by atoms with Crippen LogP contribution in [0.5, 0.6) is 0 Å². The molecule has 3 nitrogen and oxygen atoms in total. The quantitative estimate of drug-likeness (QED) is 0.767. The van der Waals surface area contributed by atoms with Crippen LogP contribution >= 0.6 is 0 Å². The smallest absolute Gasteiger partial charge is 0.241 e. The van der Waals surface area contributed by atoms with Crippen LogP contribution in [-0.2, 0) is 4.79 Å². The minimum Gasteiger partial charge on any atom is -0.323 e. The molecule has 0 aromatic carbocycles. The topological polar surface area (TPSA) is 32.3 Å². The van der Waals surface area contributed by atoms with Gasteiger partial charge in [-0.25, -0.2) is 0 Å². The van der Waals surface area contributed by atoms with Gasteiger partial charge in [0.1, 0.15) is 0 Å². The average Bonchev–Trinajstić information content (AvgIpc) is 2.63. The first-order valence-electron chi connectivity index (χ1n) is 7.96. The lowest BCUT2D eigenvalue weighted by Crippen LogP contribution is -2.46. The van der Waals surface area contributed by atoms with E-state index in [4.69, 9.17) is 0 Å². The van der Waals surface area contributed by atoms with E-state index >= 15 is 0 Å². The van der Waals surface area contributed by atoms with Crippen molar-refractivity contribution in [2.24, 2.45) is 11.8 Å². The zero-order valence-electron chi connectivity index (χ0n) is 13.6. The molecule has 1 rings (SSSR count). The number of hydrogen-bond donors (Lipinski definition) is 1. The Hall–Kier alpha value is -0.570. The molecule has 0 aliphatic carbocycles. The molecule has 1 saturated heterocycles. The Morgan fingerprint density at radius 3 is 2.32 bits per heavy atom.